The van der Waals surface area contributed by atoms with E-state index in [1.54, 1.807) is 0 Å². The van der Waals surface area contributed by atoms with Gasteiger partial charge in [-0.25, -0.2) is 4.98 Å². The van der Waals surface area contributed by atoms with Crippen molar-refractivity contribution in [3.05, 3.63) is 90.0 Å². The summed E-state index contributed by atoms with van der Waals surface area (Å²) in [5.41, 5.74) is 11.5. The van der Waals surface area contributed by atoms with Crippen LogP contribution in [0.3, 0.4) is 0 Å². The van der Waals surface area contributed by atoms with Crippen LogP contribution in [0.5, 0.6) is 0 Å². The Morgan fingerprint density at radius 3 is 2.39 bits per heavy atom. The average Bonchev–Trinajstić information content (AvgIpc) is 3.48. The summed E-state index contributed by atoms with van der Waals surface area (Å²) in [6.45, 7) is 4.69. The van der Waals surface area contributed by atoms with E-state index >= 15 is 0 Å². The van der Waals surface area contributed by atoms with Gasteiger partial charge in [0.2, 0.25) is 5.78 Å². The molecular formula is C28H19N3. The SMILES string of the molecule is CC1(C)c2ccccc2-c2cc3c(cc21)c1cccc2c1n3c1nc3ccccc3n21. The number of imidazole rings is 2. The van der Waals surface area contributed by atoms with Gasteiger partial charge in [-0.3, -0.25) is 8.80 Å². The number of aromatic nitrogens is 3. The van der Waals surface area contributed by atoms with Crippen molar-refractivity contribution in [3.63, 3.8) is 0 Å². The van der Waals surface area contributed by atoms with Crippen molar-refractivity contribution < 1.29 is 0 Å². The molecular weight excluding hydrogens is 378 g/mol. The van der Waals surface area contributed by atoms with Crippen LogP contribution >= 0.6 is 0 Å². The highest BCUT2D eigenvalue weighted by Crippen LogP contribution is 2.51. The Labute approximate surface area is 178 Å². The van der Waals surface area contributed by atoms with E-state index in [0.29, 0.717) is 0 Å². The fourth-order valence-electron chi connectivity index (χ4n) is 6.03. The number of hydrogen-bond donors (Lipinski definition) is 0. The number of rotatable bonds is 0. The Morgan fingerprint density at radius 1 is 0.645 bits per heavy atom. The normalized spacial score (nSPS) is 15.0. The number of nitrogens with zero attached hydrogens (tertiary/aromatic N) is 3. The first kappa shape index (κ1) is 15.9. The molecule has 3 heterocycles. The maximum atomic E-state index is 5.05. The molecule has 0 radical (unpaired) electrons. The van der Waals surface area contributed by atoms with Crippen LogP contribution in [0.25, 0.3) is 55.3 Å². The van der Waals surface area contributed by atoms with E-state index in [9.17, 15) is 0 Å². The zero-order valence-electron chi connectivity index (χ0n) is 17.3. The summed E-state index contributed by atoms with van der Waals surface area (Å²) in [5.74, 6) is 0.993. The maximum Gasteiger partial charge on any atom is 0.220 e. The molecule has 0 fully saturated rings. The van der Waals surface area contributed by atoms with Gasteiger partial charge in [-0.15, -0.1) is 0 Å². The highest BCUT2D eigenvalue weighted by Gasteiger charge is 2.36. The Kier molecular flexibility index (Phi) is 2.51. The summed E-state index contributed by atoms with van der Waals surface area (Å²) < 4.78 is 4.68. The topological polar surface area (TPSA) is 21.7 Å². The minimum absolute atomic E-state index is 0.00339. The van der Waals surface area contributed by atoms with E-state index in [2.05, 4.69) is 102 Å². The fourth-order valence-corrected chi connectivity index (χ4v) is 6.03. The maximum absolute atomic E-state index is 5.05. The Hall–Kier alpha value is -3.85. The van der Waals surface area contributed by atoms with E-state index < -0.39 is 0 Å². The molecule has 146 valence electrons. The molecule has 0 aliphatic heterocycles. The number of para-hydroxylation sites is 3. The molecule has 1 aliphatic carbocycles. The second-order valence-corrected chi connectivity index (χ2v) is 9.33. The summed E-state index contributed by atoms with van der Waals surface area (Å²) >= 11 is 0. The molecule has 3 aromatic heterocycles. The van der Waals surface area contributed by atoms with Crippen LogP contribution in [-0.2, 0) is 5.41 Å². The molecule has 0 saturated carbocycles. The summed E-state index contributed by atoms with van der Waals surface area (Å²) in [6, 6.07) is 28.8. The summed E-state index contributed by atoms with van der Waals surface area (Å²) in [4.78, 5) is 5.05. The molecule has 3 heteroatoms. The molecule has 3 nitrogen and oxygen atoms in total. The second kappa shape index (κ2) is 4.89. The third-order valence-electron chi connectivity index (χ3n) is 7.45. The van der Waals surface area contributed by atoms with Crippen molar-refractivity contribution in [3.8, 4) is 11.1 Å². The monoisotopic (exact) mass is 397 g/mol. The quantitative estimate of drug-likeness (QED) is 0.276. The van der Waals surface area contributed by atoms with Crippen molar-refractivity contribution in [1.82, 2.24) is 13.8 Å². The molecule has 0 N–H and O–H groups in total. The Bertz CT molecular complexity index is 1860. The van der Waals surface area contributed by atoms with E-state index in [1.807, 2.05) is 0 Å². The van der Waals surface area contributed by atoms with E-state index in [1.165, 1.54) is 49.6 Å². The van der Waals surface area contributed by atoms with Gasteiger partial charge in [0.25, 0.3) is 0 Å². The van der Waals surface area contributed by atoms with Gasteiger partial charge in [0.1, 0.15) is 0 Å². The number of benzene rings is 4. The lowest BCUT2D eigenvalue weighted by atomic mass is 9.82. The average molecular weight is 397 g/mol. The molecule has 4 aromatic carbocycles. The predicted molar refractivity (Wildman–Crippen MR) is 127 cm³/mol. The van der Waals surface area contributed by atoms with Crippen LogP contribution in [0.4, 0.5) is 0 Å². The van der Waals surface area contributed by atoms with Crippen LogP contribution in [-0.4, -0.2) is 13.8 Å². The summed E-state index contributed by atoms with van der Waals surface area (Å²) in [6.07, 6.45) is 0. The minimum atomic E-state index is 0.00339. The Morgan fingerprint density at radius 2 is 1.45 bits per heavy atom. The molecule has 0 amide bonds. The van der Waals surface area contributed by atoms with Gasteiger partial charge in [0.05, 0.1) is 27.6 Å². The first-order valence-corrected chi connectivity index (χ1v) is 10.8. The first-order chi connectivity index (χ1) is 15.1. The van der Waals surface area contributed by atoms with Crippen LogP contribution < -0.4 is 0 Å². The standard InChI is InChI=1S/C28H19N3/c1-28(2)20-10-4-3-8-16(20)18-15-25-19(14-21(18)28)17-9-7-13-24-26(17)31(25)27-29-22-11-5-6-12-23(22)30(24)27/h3-15H,1-2H3. The van der Waals surface area contributed by atoms with Crippen molar-refractivity contribution in [2.75, 3.05) is 0 Å². The zero-order chi connectivity index (χ0) is 20.5. The largest absolute Gasteiger partial charge is 0.277 e. The lowest BCUT2D eigenvalue weighted by Gasteiger charge is -2.21. The molecule has 0 bridgehead atoms. The fraction of sp³-hybridized carbons (Fsp3) is 0.107. The van der Waals surface area contributed by atoms with Gasteiger partial charge >= 0.3 is 0 Å². The number of hydrogen-bond acceptors (Lipinski definition) is 1. The van der Waals surface area contributed by atoms with Crippen LogP contribution in [0.15, 0.2) is 78.9 Å². The summed E-state index contributed by atoms with van der Waals surface area (Å²) in [5, 5.41) is 2.62. The first-order valence-electron chi connectivity index (χ1n) is 10.8. The smallest absolute Gasteiger partial charge is 0.220 e. The second-order valence-electron chi connectivity index (χ2n) is 9.33. The lowest BCUT2D eigenvalue weighted by Crippen LogP contribution is -2.14. The molecule has 0 saturated heterocycles. The Balaban J connectivity index is 1.64. The van der Waals surface area contributed by atoms with Gasteiger partial charge in [0, 0.05) is 16.2 Å². The summed E-state index contributed by atoms with van der Waals surface area (Å²) in [7, 11) is 0. The number of fused-ring (bicyclic) bond motifs is 11. The third-order valence-corrected chi connectivity index (χ3v) is 7.45. The highest BCUT2D eigenvalue weighted by atomic mass is 15.2. The van der Waals surface area contributed by atoms with Crippen LogP contribution in [0.2, 0.25) is 0 Å². The van der Waals surface area contributed by atoms with E-state index in [-0.39, 0.29) is 5.41 Å². The van der Waals surface area contributed by atoms with Gasteiger partial charge in [0.15, 0.2) is 0 Å². The minimum Gasteiger partial charge on any atom is -0.277 e. The van der Waals surface area contributed by atoms with Gasteiger partial charge in [-0.1, -0.05) is 62.4 Å². The molecule has 1 aliphatic rings. The van der Waals surface area contributed by atoms with Crippen molar-refractivity contribution in [2.24, 2.45) is 0 Å². The highest BCUT2D eigenvalue weighted by molar-refractivity contribution is 6.17. The third kappa shape index (κ3) is 1.65. The van der Waals surface area contributed by atoms with Gasteiger partial charge in [-0.05, 0) is 52.6 Å². The predicted octanol–water partition coefficient (Wildman–Crippen LogP) is 6.79. The molecule has 0 unspecified atom stereocenters. The van der Waals surface area contributed by atoms with Crippen molar-refractivity contribution in [1.29, 1.82) is 0 Å². The molecule has 0 atom stereocenters. The van der Waals surface area contributed by atoms with Gasteiger partial charge < -0.3 is 0 Å². The van der Waals surface area contributed by atoms with E-state index in [4.69, 9.17) is 4.98 Å². The molecule has 31 heavy (non-hydrogen) atoms. The van der Waals surface area contributed by atoms with Gasteiger partial charge in [-0.2, -0.15) is 0 Å². The van der Waals surface area contributed by atoms with E-state index in [0.717, 1.165) is 16.8 Å². The van der Waals surface area contributed by atoms with Crippen molar-refractivity contribution in [2.45, 2.75) is 19.3 Å². The lowest BCUT2D eigenvalue weighted by molar-refractivity contribution is 0.661. The van der Waals surface area contributed by atoms with Crippen LogP contribution in [0, 0.1) is 0 Å². The zero-order valence-corrected chi connectivity index (χ0v) is 17.3. The molecule has 8 rings (SSSR count). The molecule has 0 spiro atoms. The molecule has 7 aromatic rings. The van der Waals surface area contributed by atoms with Crippen molar-refractivity contribution >= 4 is 44.1 Å². The van der Waals surface area contributed by atoms with Crippen LogP contribution in [0.1, 0.15) is 25.0 Å².